The van der Waals surface area contributed by atoms with Crippen LogP contribution in [0.5, 0.6) is 5.75 Å². The average molecular weight is 352 g/mol. The minimum Gasteiger partial charge on any atom is -0.485 e. The number of carbonyl (C=O) groups excluding carboxylic acids is 1. The van der Waals surface area contributed by atoms with E-state index < -0.39 is 12.5 Å². The summed E-state index contributed by atoms with van der Waals surface area (Å²) in [6, 6.07) is 10.8. The molecule has 0 aliphatic carbocycles. The van der Waals surface area contributed by atoms with Gasteiger partial charge in [-0.1, -0.05) is 23.7 Å². The lowest BCUT2D eigenvalue weighted by molar-refractivity contribution is 0.0675. The second-order valence-corrected chi connectivity index (χ2v) is 5.39. The molecule has 0 bridgehead atoms. The highest BCUT2D eigenvalue weighted by molar-refractivity contribution is 6.30. The first kappa shape index (κ1) is 16.2. The molecule has 3 aromatic rings. The minimum absolute atomic E-state index is 0.0293. The first-order valence-electron chi connectivity index (χ1n) is 6.93. The Kier molecular flexibility index (Phi) is 4.35. The smallest absolute Gasteiger partial charge is 0.320 e. The van der Waals surface area contributed by atoms with Crippen LogP contribution in [-0.4, -0.2) is 15.5 Å². The molecule has 0 saturated carbocycles. The van der Waals surface area contributed by atoms with E-state index >= 15 is 0 Å². The lowest BCUT2D eigenvalue weighted by atomic mass is 10.2. The maximum atomic E-state index is 13.4. The van der Waals surface area contributed by atoms with Gasteiger partial charge in [0.1, 0.15) is 12.4 Å². The van der Waals surface area contributed by atoms with Crippen molar-refractivity contribution >= 4 is 28.5 Å². The number of benzene rings is 2. The van der Waals surface area contributed by atoms with Gasteiger partial charge in [-0.05, 0) is 30.3 Å². The molecule has 0 unspecified atom stereocenters. The van der Waals surface area contributed by atoms with E-state index in [1.807, 2.05) is 0 Å². The maximum Gasteiger partial charge on any atom is 0.320 e. The van der Waals surface area contributed by atoms with E-state index in [2.05, 4.69) is 4.98 Å². The summed E-state index contributed by atoms with van der Waals surface area (Å²) in [6.07, 6.45) is 0. The van der Waals surface area contributed by atoms with Gasteiger partial charge in [-0.3, -0.25) is 9.36 Å². The summed E-state index contributed by atoms with van der Waals surface area (Å²) in [4.78, 5) is 15.6. The molecule has 0 saturated heterocycles. The molecule has 0 spiro atoms. The Labute approximate surface area is 140 Å². The van der Waals surface area contributed by atoms with Crippen LogP contribution in [0.15, 0.2) is 42.5 Å². The quantitative estimate of drug-likeness (QED) is 0.760. The summed E-state index contributed by atoms with van der Waals surface area (Å²) in [6.45, 7) is -3.04. The van der Waals surface area contributed by atoms with Crippen LogP contribution in [0.25, 0.3) is 11.0 Å². The van der Waals surface area contributed by atoms with Gasteiger partial charge in [-0.25, -0.2) is 4.98 Å². The summed E-state index contributed by atoms with van der Waals surface area (Å²) in [7, 11) is 0. The van der Waals surface area contributed by atoms with Crippen LogP contribution in [0.3, 0.4) is 0 Å². The highest BCUT2D eigenvalue weighted by Gasteiger charge is 2.19. The molecule has 1 amide bonds. The second-order valence-electron chi connectivity index (χ2n) is 4.96. The lowest BCUT2D eigenvalue weighted by Gasteiger charge is -2.11. The summed E-state index contributed by atoms with van der Waals surface area (Å²) in [5.74, 6) is -0.562. The number of imidazole rings is 1. The summed E-state index contributed by atoms with van der Waals surface area (Å²) >= 11 is 5.88. The molecule has 3 rings (SSSR count). The van der Waals surface area contributed by atoms with E-state index in [4.69, 9.17) is 22.1 Å². The highest BCUT2D eigenvalue weighted by Crippen LogP contribution is 2.27. The molecule has 2 aromatic carbocycles. The third kappa shape index (κ3) is 3.03. The van der Waals surface area contributed by atoms with Crippen molar-refractivity contribution < 1.29 is 18.3 Å². The predicted molar refractivity (Wildman–Crippen MR) is 85.3 cm³/mol. The standard InChI is InChI=1S/C16H12ClF2N3O2/c17-9-5-6-10(15(20)23)13(7-9)24-8-14-21-11-3-1-2-4-12(11)22(14)16(18)19/h1-7,16H,8H2,(H2,20,23). The summed E-state index contributed by atoms with van der Waals surface area (Å²) in [5.41, 5.74) is 6.11. The van der Waals surface area contributed by atoms with Crippen LogP contribution in [0.4, 0.5) is 8.78 Å². The maximum absolute atomic E-state index is 13.4. The number of primary amides is 1. The summed E-state index contributed by atoms with van der Waals surface area (Å²) < 4.78 is 33.0. The minimum atomic E-state index is -2.77. The van der Waals surface area contributed by atoms with Gasteiger partial charge in [0, 0.05) is 5.02 Å². The van der Waals surface area contributed by atoms with Gasteiger partial charge in [-0.2, -0.15) is 8.78 Å². The molecule has 8 heteroatoms. The number of halogens is 3. The van der Waals surface area contributed by atoms with Crippen molar-refractivity contribution in [2.75, 3.05) is 0 Å². The number of aromatic nitrogens is 2. The predicted octanol–water partition coefficient (Wildman–Crippen LogP) is 3.76. The van der Waals surface area contributed by atoms with Gasteiger partial charge >= 0.3 is 6.55 Å². The Morgan fingerprint density at radius 2 is 2.04 bits per heavy atom. The molecule has 0 radical (unpaired) electrons. The van der Waals surface area contributed by atoms with Crippen molar-refractivity contribution in [3.8, 4) is 5.75 Å². The molecular weight excluding hydrogens is 340 g/mol. The number of amides is 1. The number of hydrogen-bond acceptors (Lipinski definition) is 3. The number of fused-ring (bicyclic) bond motifs is 1. The van der Waals surface area contributed by atoms with Gasteiger partial charge in [0.25, 0.3) is 5.91 Å². The first-order chi connectivity index (χ1) is 11.5. The number of carbonyl (C=O) groups is 1. The molecule has 0 atom stereocenters. The Hall–Kier alpha value is -2.67. The van der Waals surface area contributed by atoms with Gasteiger partial charge in [0.15, 0.2) is 5.82 Å². The molecule has 124 valence electrons. The van der Waals surface area contributed by atoms with E-state index in [-0.39, 0.29) is 23.7 Å². The van der Waals surface area contributed by atoms with Gasteiger partial charge in [-0.15, -0.1) is 0 Å². The Morgan fingerprint density at radius 3 is 2.75 bits per heavy atom. The van der Waals surface area contributed by atoms with Crippen LogP contribution in [0.2, 0.25) is 5.02 Å². The fourth-order valence-corrected chi connectivity index (χ4v) is 2.54. The van der Waals surface area contributed by atoms with Crippen LogP contribution in [0.1, 0.15) is 22.7 Å². The van der Waals surface area contributed by atoms with Crippen LogP contribution in [-0.2, 0) is 6.61 Å². The second kappa shape index (κ2) is 6.45. The number of hydrogen-bond donors (Lipinski definition) is 1. The van der Waals surface area contributed by atoms with E-state index in [1.165, 1.54) is 18.2 Å². The highest BCUT2D eigenvalue weighted by atomic mass is 35.5. The molecule has 24 heavy (non-hydrogen) atoms. The number of ether oxygens (including phenoxy) is 1. The molecule has 5 nitrogen and oxygen atoms in total. The van der Waals surface area contributed by atoms with Crippen LogP contribution < -0.4 is 10.5 Å². The topological polar surface area (TPSA) is 70.1 Å². The third-order valence-corrected chi connectivity index (χ3v) is 3.67. The number of nitrogens with two attached hydrogens (primary N) is 1. The van der Waals surface area contributed by atoms with Gasteiger partial charge < -0.3 is 10.5 Å². The molecule has 0 fully saturated rings. The van der Waals surface area contributed by atoms with Crippen molar-refractivity contribution in [2.45, 2.75) is 13.2 Å². The number of alkyl halides is 2. The Bertz CT molecular complexity index is 911. The van der Waals surface area contributed by atoms with Crippen molar-refractivity contribution in [3.05, 3.63) is 58.9 Å². The first-order valence-corrected chi connectivity index (χ1v) is 7.31. The van der Waals surface area contributed by atoms with E-state index in [0.717, 1.165) is 4.57 Å². The van der Waals surface area contributed by atoms with E-state index in [9.17, 15) is 13.6 Å². The number of para-hydroxylation sites is 2. The number of nitrogens with zero attached hydrogens (tertiary/aromatic N) is 2. The van der Waals surface area contributed by atoms with E-state index in [1.54, 1.807) is 24.3 Å². The van der Waals surface area contributed by atoms with Crippen molar-refractivity contribution in [1.82, 2.24) is 9.55 Å². The van der Waals surface area contributed by atoms with Crippen LogP contribution >= 0.6 is 11.6 Å². The van der Waals surface area contributed by atoms with Crippen molar-refractivity contribution in [1.29, 1.82) is 0 Å². The molecule has 0 aliphatic heterocycles. The Balaban J connectivity index is 1.96. The number of rotatable bonds is 5. The molecular formula is C16H12ClF2N3O2. The summed E-state index contributed by atoms with van der Waals surface area (Å²) in [5, 5.41) is 0.331. The third-order valence-electron chi connectivity index (χ3n) is 3.43. The molecule has 1 heterocycles. The monoisotopic (exact) mass is 351 g/mol. The van der Waals surface area contributed by atoms with Gasteiger partial charge in [0.2, 0.25) is 0 Å². The largest absolute Gasteiger partial charge is 0.485 e. The zero-order valence-corrected chi connectivity index (χ0v) is 13.0. The van der Waals surface area contributed by atoms with Crippen molar-refractivity contribution in [3.63, 3.8) is 0 Å². The molecule has 1 aromatic heterocycles. The molecule has 0 aliphatic rings. The molecule has 2 N–H and O–H groups in total. The van der Waals surface area contributed by atoms with E-state index in [0.29, 0.717) is 16.1 Å². The average Bonchev–Trinajstić information content (AvgIpc) is 2.91. The van der Waals surface area contributed by atoms with Gasteiger partial charge in [0.05, 0.1) is 16.6 Å². The normalized spacial score (nSPS) is 11.2. The van der Waals surface area contributed by atoms with Crippen LogP contribution in [0, 0.1) is 0 Å². The lowest BCUT2D eigenvalue weighted by Crippen LogP contribution is -2.14. The fraction of sp³-hybridized carbons (Fsp3) is 0.125. The zero-order chi connectivity index (χ0) is 17.3. The SMILES string of the molecule is NC(=O)c1ccc(Cl)cc1OCc1nc2ccccc2n1C(F)F. The fourth-order valence-electron chi connectivity index (χ4n) is 2.38. The zero-order valence-electron chi connectivity index (χ0n) is 12.2. The van der Waals surface area contributed by atoms with Crippen molar-refractivity contribution in [2.24, 2.45) is 5.73 Å². The Morgan fingerprint density at radius 1 is 1.29 bits per heavy atom.